The van der Waals surface area contributed by atoms with Crippen LogP contribution in [0.15, 0.2) is 11.3 Å². The van der Waals surface area contributed by atoms with Crippen molar-refractivity contribution in [2.24, 2.45) is 11.3 Å². The van der Waals surface area contributed by atoms with Gasteiger partial charge in [-0.15, -0.1) is 0 Å². The number of ketones is 1. The van der Waals surface area contributed by atoms with Gasteiger partial charge in [-0.05, 0) is 41.5 Å². The molecule has 128 valence electrons. The van der Waals surface area contributed by atoms with E-state index in [4.69, 9.17) is 14.2 Å². The highest BCUT2D eigenvalue weighted by atomic mass is 16.6. The molecule has 6 nitrogen and oxygen atoms in total. The number of methoxy groups -OCH3 is 1. The van der Waals surface area contributed by atoms with Gasteiger partial charge in [-0.3, -0.25) is 14.4 Å². The van der Waals surface area contributed by atoms with Crippen LogP contribution in [0.2, 0.25) is 0 Å². The summed E-state index contributed by atoms with van der Waals surface area (Å²) in [5, 5.41) is 0. The molecule has 23 heavy (non-hydrogen) atoms. The van der Waals surface area contributed by atoms with E-state index in [2.05, 4.69) is 0 Å². The quantitative estimate of drug-likeness (QED) is 0.572. The third-order valence-corrected chi connectivity index (χ3v) is 4.72. The third-order valence-electron chi connectivity index (χ3n) is 4.72. The lowest BCUT2D eigenvalue weighted by Gasteiger charge is -2.38. The molecule has 1 saturated heterocycles. The Morgan fingerprint density at radius 1 is 1.26 bits per heavy atom. The maximum absolute atomic E-state index is 12.7. The van der Waals surface area contributed by atoms with Crippen LogP contribution in [0.1, 0.15) is 48.0 Å². The molecule has 1 heterocycles. The molecule has 0 unspecified atom stereocenters. The number of Topliss-reactive ketones (excluding diaryl/α,β-unsaturated/α-hetero) is 1. The van der Waals surface area contributed by atoms with Crippen LogP contribution in [0.5, 0.6) is 0 Å². The predicted octanol–water partition coefficient (Wildman–Crippen LogP) is 2.16. The summed E-state index contributed by atoms with van der Waals surface area (Å²) in [6, 6.07) is 0. The summed E-state index contributed by atoms with van der Waals surface area (Å²) < 4.78 is 16.3. The Morgan fingerprint density at radius 3 is 2.30 bits per heavy atom. The van der Waals surface area contributed by atoms with Crippen molar-refractivity contribution in [3.05, 3.63) is 11.3 Å². The number of fused-ring (bicyclic) bond motifs is 1. The topological polar surface area (TPSA) is 78.9 Å². The number of rotatable bonds is 2. The van der Waals surface area contributed by atoms with E-state index in [-0.39, 0.29) is 12.2 Å². The molecular weight excluding hydrogens is 300 g/mol. The Bertz CT molecular complexity index is 611. The van der Waals surface area contributed by atoms with Crippen LogP contribution in [-0.4, -0.2) is 36.0 Å². The van der Waals surface area contributed by atoms with Crippen molar-refractivity contribution < 1.29 is 28.6 Å². The van der Waals surface area contributed by atoms with Crippen LogP contribution >= 0.6 is 0 Å². The lowest BCUT2D eigenvalue weighted by Crippen LogP contribution is -2.49. The molecule has 1 aliphatic heterocycles. The van der Waals surface area contributed by atoms with Gasteiger partial charge in [0, 0.05) is 17.9 Å². The Hall–Kier alpha value is -1.85. The van der Waals surface area contributed by atoms with Gasteiger partial charge in [-0.25, -0.2) is 0 Å². The van der Waals surface area contributed by atoms with Crippen molar-refractivity contribution in [1.29, 1.82) is 0 Å². The summed E-state index contributed by atoms with van der Waals surface area (Å²) in [7, 11) is 1.43. The molecule has 1 aliphatic carbocycles. The number of hydrogen-bond donors (Lipinski definition) is 0. The first-order chi connectivity index (χ1) is 10.4. The minimum Gasteiger partial charge on any atom is -0.496 e. The number of carbonyl (C=O) groups excluding carboxylic acids is 3. The lowest BCUT2D eigenvalue weighted by atomic mass is 9.65. The maximum Gasteiger partial charge on any atom is 0.324 e. The maximum atomic E-state index is 12.7. The SMILES string of the molecule is COC1=C(C)C(=O)C[C@@H]2[C@@](C)(C(=O)OC(C)(C)C)C(=O)O[C@]12C. The highest BCUT2D eigenvalue weighted by molar-refractivity contribution is 6.05. The van der Waals surface area contributed by atoms with Gasteiger partial charge in [0.2, 0.25) is 0 Å². The minimum absolute atomic E-state index is 0.0384. The van der Waals surface area contributed by atoms with Crippen LogP contribution in [0, 0.1) is 11.3 Å². The van der Waals surface area contributed by atoms with Gasteiger partial charge >= 0.3 is 11.9 Å². The largest absolute Gasteiger partial charge is 0.496 e. The average Bonchev–Trinajstić information content (AvgIpc) is 2.59. The summed E-state index contributed by atoms with van der Waals surface area (Å²) in [6.07, 6.45) is 0.0384. The summed E-state index contributed by atoms with van der Waals surface area (Å²) >= 11 is 0. The van der Waals surface area contributed by atoms with Crippen molar-refractivity contribution in [3.63, 3.8) is 0 Å². The van der Waals surface area contributed by atoms with E-state index in [0.29, 0.717) is 11.3 Å². The van der Waals surface area contributed by atoms with E-state index >= 15 is 0 Å². The van der Waals surface area contributed by atoms with Crippen LogP contribution in [0.25, 0.3) is 0 Å². The van der Waals surface area contributed by atoms with Gasteiger partial charge in [0.1, 0.15) is 11.4 Å². The first kappa shape index (κ1) is 17.5. The fraction of sp³-hybridized carbons (Fsp3) is 0.706. The molecule has 0 amide bonds. The van der Waals surface area contributed by atoms with Crippen molar-refractivity contribution in [2.45, 2.75) is 59.2 Å². The zero-order valence-corrected chi connectivity index (χ0v) is 14.7. The van der Waals surface area contributed by atoms with E-state index in [1.165, 1.54) is 14.0 Å². The second-order valence-electron chi connectivity index (χ2n) is 7.54. The molecule has 0 aromatic carbocycles. The number of ether oxygens (including phenoxy) is 3. The highest BCUT2D eigenvalue weighted by Gasteiger charge is 2.69. The molecule has 0 aromatic rings. The van der Waals surface area contributed by atoms with Crippen molar-refractivity contribution >= 4 is 17.7 Å². The summed E-state index contributed by atoms with van der Waals surface area (Å²) in [6.45, 7) is 9.99. The molecule has 2 aliphatic rings. The van der Waals surface area contributed by atoms with Crippen molar-refractivity contribution in [1.82, 2.24) is 0 Å². The second kappa shape index (κ2) is 5.08. The minimum atomic E-state index is -1.54. The number of hydrogen-bond acceptors (Lipinski definition) is 6. The van der Waals surface area contributed by atoms with Gasteiger partial charge in [0.25, 0.3) is 0 Å². The average molecular weight is 324 g/mol. The monoisotopic (exact) mass is 324 g/mol. The second-order valence-corrected chi connectivity index (χ2v) is 7.54. The third kappa shape index (κ3) is 2.44. The molecule has 0 N–H and O–H groups in total. The van der Waals surface area contributed by atoms with Crippen molar-refractivity contribution in [2.75, 3.05) is 7.11 Å². The van der Waals surface area contributed by atoms with Gasteiger partial charge < -0.3 is 14.2 Å². The number of carbonyl (C=O) groups is 3. The van der Waals surface area contributed by atoms with Gasteiger partial charge in [0.05, 0.1) is 7.11 Å². The zero-order valence-electron chi connectivity index (χ0n) is 14.7. The van der Waals surface area contributed by atoms with Crippen LogP contribution in [0.3, 0.4) is 0 Å². The molecule has 0 spiro atoms. The van der Waals surface area contributed by atoms with Crippen LogP contribution < -0.4 is 0 Å². The molecular formula is C17H24O6. The Labute approximate surface area is 136 Å². The summed E-state index contributed by atoms with van der Waals surface area (Å²) in [4.78, 5) is 37.5. The molecule has 0 saturated carbocycles. The molecule has 3 atom stereocenters. The number of allylic oxidation sites excluding steroid dienone is 1. The fourth-order valence-corrected chi connectivity index (χ4v) is 3.47. The molecule has 6 heteroatoms. The summed E-state index contributed by atoms with van der Waals surface area (Å²) in [5.41, 5.74) is -3.00. The number of esters is 2. The van der Waals surface area contributed by atoms with Gasteiger partial charge in [-0.1, -0.05) is 0 Å². The zero-order chi connectivity index (χ0) is 17.8. The predicted molar refractivity (Wildman–Crippen MR) is 81.3 cm³/mol. The van der Waals surface area contributed by atoms with Gasteiger partial charge in [0.15, 0.2) is 16.8 Å². The normalized spacial score (nSPS) is 34.1. The Balaban J connectivity index is 2.53. The highest BCUT2D eigenvalue weighted by Crippen LogP contribution is 2.55. The molecule has 2 rings (SSSR count). The lowest BCUT2D eigenvalue weighted by molar-refractivity contribution is -0.173. The van der Waals surface area contributed by atoms with Gasteiger partial charge in [-0.2, -0.15) is 0 Å². The smallest absolute Gasteiger partial charge is 0.324 e. The fourth-order valence-electron chi connectivity index (χ4n) is 3.47. The van der Waals surface area contributed by atoms with E-state index in [0.717, 1.165) is 0 Å². The van der Waals surface area contributed by atoms with E-state index in [9.17, 15) is 14.4 Å². The first-order valence-electron chi connectivity index (χ1n) is 7.63. The molecule has 0 radical (unpaired) electrons. The van der Waals surface area contributed by atoms with E-state index in [1.54, 1.807) is 34.6 Å². The van der Waals surface area contributed by atoms with E-state index in [1.807, 2.05) is 0 Å². The van der Waals surface area contributed by atoms with Crippen molar-refractivity contribution in [3.8, 4) is 0 Å². The molecule has 0 bridgehead atoms. The molecule has 1 fully saturated rings. The molecule has 0 aromatic heterocycles. The Morgan fingerprint density at radius 2 is 1.83 bits per heavy atom. The standard InChI is InChI=1S/C17H24O6/c1-9-10(18)8-11-16(5,13(19)22-15(2,3)4)14(20)23-17(11,6)12(9)21-7/h11H,8H2,1-7H3/t11-,16+,17+/m1/s1. The summed E-state index contributed by atoms with van der Waals surface area (Å²) in [5.74, 6) is -1.87. The van der Waals surface area contributed by atoms with Crippen LogP contribution in [-0.2, 0) is 28.6 Å². The van der Waals surface area contributed by atoms with E-state index < -0.39 is 34.5 Å². The Kier molecular flexibility index (Phi) is 3.86. The first-order valence-corrected chi connectivity index (χ1v) is 7.63. The van der Waals surface area contributed by atoms with Crippen LogP contribution in [0.4, 0.5) is 0 Å².